The van der Waals surface area contributed by atoms with Gasteiger partial charge in [-0.25, -0.2) is 4.98 Å². The third-order valence-corrected chi connectivity index (χ3v) is 5.21. The molecule has 1 heterocycles. The first-order chi connectivity index (χ1) is 13.0. The molecule has 0 atom stereocenters. The van der Waals surface area contributed by atoms with E-state index in [0.717, 1.165) is 38.8 Å². The number of nitrogens with one attached hydrogen (secondary N) is 1. The van der Waals surface area contributed by atoms with Crippen LogP contribution in [0.2, 0.25) is 0 Å². The van der Waals surface area contributed by atoms with E-state index in [1.165, 1.54) is 11.3 Å². The second kappa shape index (κ2) is 8.22. The van der Waals surface area contributed by atoms with Crippen LogP contribution < -0.4 is 14.8 Å². The maximum Gasteiger partial charge on any atom is 0.264 e. The topological polar surface area (TPSA) is 60.5 Å². The van der Waals surface area contributed by atoms with Gasteiger partial charge in [0, 0.05) is 10.4 Å². The van der Waals surface area contributed by atoms with Crippen LogP contribution >= 0.6 is 11.3 Å². The number of amides is 1. The minimum absolute atomic E-state index is 0.0548. The molecule has 1 N–H and O–H groups in total. The number of aromatic nitrogens is 1. The second-order valence-corrected chi connectivity index (χ2v) is 7.39. The van der Waals surface area contributed by atoms with Crippen LogP contribution in [-0.2, 0) is 4.79 Å². The lowest BCUT2D eigenvalue weighted by molar-refractivity contribution is -0.118. The van der Waals surface area contributed by atoms with Gasteiger partial charge in [-0.3, -0.25) is 10.1 Å². The van der Waals surface area contributed by atoms with Gasteiger partial charge in [0.05, 0.1) is 12.8 Å². The highest BCUT2D eigenvalue weighted by molar-refractivity contribution is 7.16. The number of aryl methyl sites for hydroxylation is 2. The fourth-order valence-electron chi connectivity index (χ4n) is 2.65. The first-order valence-electron chi connectivity index (χ1n) is 8.58. The Morgan fingerprint density at radius 3 is 2.56 bits per heavy atom. The Labute approximate surface area is 163 Å². The van der Waals surface area contributed by atoms with Gasteiger partial charge in [0.2, 0.25) is 0 Å². The van der Waals surface area contributed by atoms with Crippen molar-refractivity contribution in [1.29, 1.82) is 0 Å². The van der Waals surface area contributed by atoms with E-state index in [1.54, 1.807) is 7.11 Å². The molecular formula is C21H22N2O3S. The average Bonchev–Trinajstić information content (AvgIpc) is 3.03. The summed E-state index contributed by atoms with van der Waals surface area (Å²) in [5, 5.41) is 3.38. The van der Waals surface area contributed by atoms with Crippen molar-refractivity contribution in [2.45, 2.75) is 20.8 Å². The third-order valence-electron chi connectivity index (χ3n) is 4.32. The molecule has 27 heavy (non-hydrogen) atoms. The molecule has 1 aromatic heterocycles. The average molecular weight is 382 g/mol. The number of ether oxygens (including phenoxy) is 2. The summed E-state index contributed by atoms with van der Waals surface area (Å²) >= 11 is 1.44. The molecule has 0 radical (unpaired) electrons. The summed E-state index contributed by atoms with van der Waals surface area (Å²) in [6.07, 6.45) is 0. The highest BCUT2D eigenvalue weighted by Gasteiger charge is 2.13. The molecule has 2 aromatic carbocycles. The fraction of sp³-hybridized carbons (Fsp3) is 0.238. The van der Waals surface area contributed by atoms with Crippen LogP contribution in [0.1, 0.15) is 16.0 Å². The van der Waals surface area contributed by atoms with Crippen LogP contribution in [0.15, 0.2) is 42.5 Å². The zero-order chi connectivity index (χ0) is 19.4. The number of benzene rings is 2. The molecule has 140 valence electrons. The maximum atomic E-state index is 12.2. The predicted molar refractivity (Wildman–Crippen MR) is 109 cm³/mol. The minimum Gasteiger partial charge on any atom is -0.497 e. The van der Waals surface area contributed by atoms with Crippen LogP contribution in [-0.4, -0.2) is 24.6 Å². The quantitative estimate of drug-likeness (QED) is 0.668. The smallest absolute Gasteiger partial charge is 0.264 e. The molecule has 0 aliphatic rings. The largest absolute Gasteiger partial charge is 0.497 e. The molecule has 3 aromatic rings. The van der Waals surface area contributed by atoms with E-state index in [0.29, 0.717) is 5.13 Å². The van der Waals surface area contributed by atoms with Crippen molar-refractivity contribution in [2.24, 2.45) is 0 Å². The summed E-state index contributed by atoms with van der Waals surface area (Å²) in [6.45, 7) is 5.93. The minimum atomic E-state index is -0.231. The molecule has 0 aliphatic heterocycles. The lowest BCUT2D eigenvalue weighted by Gasteiger charge is -2.10. The van der Waals surface area contributed by atoms with Crippen LogP contribution in [0, 0.1) is 20.8 Å². The van der Waals surface area contributed by atoms with Gasteiger partial charge in [0.15, 0.2) is 11.7 Å². The summed E-state index contributed by atoms with van der Waals surface area (Å²) in [5.41, 5.74) is 4.01. The predicted octanol–water partition coefficient (Wildman–Crippen LogP) is 4.76. The van der Waals surface area contributed by atoms with Crippen molar-refractivity contribution in [3.8, 4) is 22.8 Å². The summed E-state index contributed by atoms with van der Waals surface area (Å²) in [4.78, 5) is 17.8. The summed E-state index contributed by atoms with van der Waals surface area (Å²) < 4.78 is 10.8. The normalized spacial score (nSPS) is 10.5. The number of carbonyl (C=O) groups excluding carboxylic acids is 1. The second-order valence-electron chi connectivity index (χ2n) is 6.19. The van der Waals surface area contributed by atoms with Gasteiger partial charge < -0.3 is 9.47 Å². The molecule has 0 saturated carbocycles. The first-order valence-corrected chi connectivity index (χ1v) is 9.40. The van der Waals surface area contributed by atoms with Crippen molar-refractivity contribution >= 4 is 22.4 Å². The molecule has 0 aliphatic carbocycles. The van der Waals surface area contributed by atoms with Gasteiger partial charge in [-0.05, 0) is 62.2 Å². The standard InChI is InChI=1S/C21H22N2O3S/c1-13-6-5-7-18(14(13)2)26-12-19(24)22-21-23-20(15(3)27-21)16-8-10-17(25-4)11-9-16/h5-11H,12H2,1-4H3,(H,22,23,24). The maximum absolute atomic E-state index is 12.2. The van der Waals surface area contributed by atoms with Gasteiger partial charge >= 0.3 is 0 Å². The Hall–Kier alpha value is -2.86. The molecule has 0 unspecified atom stereocenters. The zero-order valence-electron chi connectivity index (χ0n) is 15.8. The van der Waals surface area contributed by atoms with Crippen molar-refractivity contribution in [3.63, 3.8) is 0 Å². The summed E-state index contributed by atoms with van der Waals surface area (Å²) in [5.74, 6) is 1.29. The van der Waals surface area contributed by atoms with Crippen LogP contribution in [0.5, 0.6) is 11.5 Å². The number of rotatable bonds is 6. The van der Waals surface area contributed by atoms with Crippen LogP contribution in [0.3, 0.4) is 0 Å². The van der Waals surface area contributed by atoms with Crippen molar-refractivity contribution in [3.05, 3.63) is 58.5 Å². The van der Waals surface area contributed by atoms with Gasteiger partial charge in [-0.1, -0.05) is 12.1 Å². The Kier molecular flexibility index (Phi) is 5.76. The third kappa shape index (κ3) is 4.46. The number of methoxy groups -OCH3 is 1. The number of anilines is 1. The summed E-state index contributed by atoms with van der Waals surface area (Å²) in [6, 6.07) is 13.5. The van der Waals surface area contributed by atoms with Crippen LogP contribution in [0.25, 0.3) is 11.3 Å². The van der Waals surface area contributed by atoms with Gasteiger partial charge in [-0.15, -0.1) is 11.3 Å². The van der Waals surface area contributed by atoms with E-state index >= 15 is 0 Å². The number of nitrogens with zero attached hydrogens (tertiary/aromatic N) is 1. The zero-order valence-corrected chi connectivity index (χ0v) is 16.6. The van der Waals surface area contributed by atoms with Crippen molar-refractivity contribution in [2.75, 3.05) is 19.0 Å². The Bertz CT molecular complexity index is 949. The van der Waals surface area contributed by atoms with E-state index in [-0.39, 0.29) is 12.5 Å². The number of hydrogen-bond acceptors (Lipinski definition) is 5. The number of thiazole rings is 1. The van der Waals surface area contributed by atoms with E-state index < -0.39 is 0 Å². The highest BCUT2D eigenvalue weighted by Crippen LogP contribution is 2.31. The molecule has 5 nitrogen and oxygen atoms in total. The Morgan fingerprint density at radius 2 is 1.85 bits per heavy atom. The van der Waals surface area contributed by atoms with E-state index in [2.05, 4.69) is 10.3 Å². The highest BCUT2D eigenvalue weighted by atomic mass is 32.1. The fourth-order valence-corrected chi connectivity index (χ4v) is 3.50. The molecule has 0 fully saturated rings. The van der Waals surface area contributed by atoms with E-state index in [1.807, 2.05) is 63.2 Å². The number of hydrogen-bond donors (Lipinski definition) is 1. The van der Waals surface area contributed by atoms with E-state index in [9.17, 15) is 4.79 Å². The lowest BCUT2D eigenvalue weighted by Crippen LogP contribution is -2.20. The van der Waals surface area contributed by atoms with Crippen molar-refractivity contribution in [1.82, 2.24) is 4.98 Å². The first kappa shape index (κ1) is 18.9. The van der Waals surface area contributed by atoms with Gasteiger partial charge in [0.25, 0.3) is 5.91 Å². The van der Waals surface area contributed by atoms with Crippen LogP contribution in [0.4, 0.5) is 5.13 Å². The van der Waals surface area contributed by atoms with Crippen molar-refractivity contribution < 1.29 is 14.3 Å². The Balaban J connectivity index is 1.65. The molecular weight excluding hydrogens is 360 g/mol. The molecule has 0 bridgehead atoms. The Morgan fingerprint density at radius 1 is 1.11 bits per heavy atom. The molecule has 3 rings (SSSR count). The van der Waals surface area contributed by atoms with Gasteiger partial charge in [0.1, 0.15) is 11.5 Å². The molecule has 0 spiro atoms. The monoisotopic (exact) mass is 382 g/mol. The molecule has 6 heteroatoms. The van der Waals surface area contributed by atoms with Gasteiger partial charge in [-0.2, -0.15) is 0 Å². The SMILES string of the molecule is COc1ccc(-c2nc(NC(=O)COc3cccc(C)c3C)sc2C)cc1. The molecule has 1 amide bonds. The number of carbonyl (C=O) groups is 1. The lowest BCUT2D eigenvalue weighted by atomic mass is 10.1. The van der Waals surface area contributed by atoms with E-state index in [4.69, 9.17) is 9.47 Å². The summed E-state index contributed by atoms with van der Waals surface area (Å²) in [7, 11) is 1.64. The molecule has 0 saturated heterocycles.